The van der Waals surface area contributed by atoms with E-state index in [2.05, 4.69) is 5.32 Å². The van der Waals surface area contributed by atoms with E-state index in [0.29, 0.717) is 13.0 Å². The lowest BCUT2D eigenvalue weighted by Gasteiger charge is -2.34. The molecule has 1 fully saturated rings. The number of hydrogen-bond acceptors (Lipinski definition) is 2. The highest BCUT2D eigenvalue weighted by Gasteiger charge is 2.33. The fourth-order valence-corrected chi connectivity index (χ4v) is 3.13. The molecule has 8 heteroatoms. The molecule has 25 heavy (non-hydrogen) atoms. The quantitative estimate of drug-likeness (QED) is 0.869. The van der Waals surface area contributed by atoms with Crippen molar-refractivity contribution in [3.05, 3.63) is 35.4 Å². The van der Waals surface area contributed by atoms with Gasteiger partial charge in [0, 0.05) is 19.6 Å². The monoisotopic (exact) mass is 358 g/mol. The zero-order chi connectivity index (χ0) is 18.6. The van der Waals surface area contributed by atoms with Gasteiger partial charge in [0.25, 0.3) is 0 Å². The first-order chi connectivity index (χ1) is 11.7. The molecule has 2 N–H and O–H groups in total. The van der Waals surface area contributed by atoms with Crippen LogP contribution in [0.3, 0.4) is 0 Å². The first-order valence-corrected chi connectivity index (χ1v) is 8.09. The van der Waals surface area contributed by atoms with E-state index in [9.17, 15) is 22.8 Å². The van der Waals surface area contributed by atoms with Crippen molar-refractivity contribution in [1.29, 1.82) is 0 Å². The molecule has 1 saturated heterocycles. The van der Waals surface area contributed by atoms with Crippen molar-refractivity contribution in [3.63, 3.8) is 0 Å². The molecule has 1 aliphatic heterocycles. The standard InChI is InChI=1S/C17H21F3N2O3/c1-11-8-13(15(23)24)10-22(9-11)16(25)21-7-6-12-4-2-3-5-14(12)17(18,19)20/h2-5,11,13H,6-10H2,1H3,(H,21,25)(H,23,24). The molecule has 1 aliphatic rings. The highest BCUT2D eigenvalue weighted by Crippen LogP contribution is 2.31. The number of alkyl halides is 3. The van der Waals surface area contributed by atoms with Crippen molar-refractivity contribution in [3.8, 4) is 0 Å². The van der Waals surface area contributed by atoms with E-state index < -0.39 is 29.7 Å². The molecule has 5 nitrogen and oxygen atoms in total. The first kappa shape index (κ1) is 19.1. The lowest BCUT2D eigenvalue weighted by Crippen LogP contribution is -2.49. The number of carbonyl (C=O) groups is 2. The largest absolute Gasteiger partial charge is 0.481 e. The zero-order valence-electron chi connectivity index (χ0n) is 13.8. The van der Waals surface area contributed by atoms with Gasteiger partial charge in [-0.2, -0.15) is 13.2 Å². The minimum Gasteiger partial charge on any atom is -0.481 e. The van der Waals surface area contributed by atoms with Gasteiger partial charge >= 0.3 is 18.2 Å². The maximum Gasteiger partial charge on any atom is 0.416 e. The Labute approximate surface area is 143 Å². The van der Waals surface area contributed by atoms with Gasteiger partial charge in [0.05, 0.1) is 11.5 Å². The molecule has 0 aliphatic carbocycles. The number of urea groups is 1. The second kappa shape index (κ2) is 7.76. The van der Waals surface area contributed by atoms with Crippen molar-refractivity contribution in [2.45, 2.75) is 25.9 Å². The Balaban J connectivity index is 1.92. The number of piperidine rings is 1. The van der Waals surface area contributed by atoms with Gasteiger partial charge in [0.2, 0.25) is 0 Å². The van der Waals surface area contributed by atoms with Gasteiger partial charge in [-0.1, -0.05) is 25.1 Å². The third-order valence-corrected chi connectivity index (χ3v) is 4.29. The number of carboxylic acids is 1. The van der Waals surface area contributed by atoms with Crippen LogP contribution in [-0.2, 0) is 17.4 Å². The Morgan fingerprint density at radius 2 is 1.96 bits per heavy atom. The van der Waals surface area contributed by atoms with Crippen molar-refractivity contribution < 1.29 is 27.9 Å². The summed E-state index contributed by atoms with van der Waals surface area (Å²) in [6, 6.07) is 4.81. The third-order valence-electron chi connectivity index (χ3n) is 4.29. The Hall–Kier alpha value is -2.25. The summed E-state index contributed by atoms with van der Waals surface area (Å²) in [5.41, 5.74) is -0.590. The van der Waals surface area contributed by atoms with Crippen LogP contribution < -0.4 is 5.32 Å². The van der Waals surface area contributed by atoms with E-state index in [1.54, 1.807) is 0 Å². The fourth-order valence-electron chi connectivity index (χ4n) is 3.13. The molecular weight excluding hydrogens is 337 g/mol. The van der Waals surface area contributed by atoms with Crippen LogP contribution in [0.5, 0.6) is 0 Å². The predicted molar refractivity (Wildman–Crippen MR) is 85.0 cm³/mol. The first-order valence-electron chi connectivity index (χ1n) is 8.09. The Kier molecular flexibility index (Phi) is 5.92. The number of likely N-dealkylation sites (tertiary alicyclic amines) is 1. The van der Waals surface area contributed by atoms with Crippen molar-refractivity contribution in [2.75, 3.05) is 19.6 Å². The van der Waals surface area contributed by atoms with Crippen molar-refractivity contribution in [1.82, 2.24) is 10.2 Å². The molecule has 0 spiro atoms. The number of carboxylic acid groups (broad SMARTS) is 1. The predicted octanol–water partition coefficient (Wildman–Crippen LogP) is 3.00. The minimum absolute atomic E-state index is 0.0488. The molecule has 0 aromatic heterocycles. The average Bonchev–Trinajstić information content (AvgIpc) is 2.53. The van der Waals surface area contributed by atoms with Crippen LogP contribution in [-0.4, -0.2) is 41.6 Å². The smallest absolute Gasteiger partial charge is 0.416 e. The molecule has 1 aromatic carbocycles. The third kappa shape index (κ3) is 5.11. The summed E-state index contributed by atoms with van der Waals surface area (Å²) in [4.78, 5) is 24.7. The number of benzene rings is 1. The summed E-state index contributed by atoms with van der Waals surface area (Å²) in [6.07, 6.45) is -3.87. The number of carbonyl (C=O) groups excluding carboxylic acids is 1. The minimum atomic E-state index is -4.43. The van der Waals surface area contributed by atoms with Gasteiger partial charge < -0.3 is 15.3 Å². The Morgan fingerprint density at radius 3 is 2.60 bits per heavy atom. The summed E-state index contributed by atoms with van der Waals surface area (Å²) in [5, 5.41) is 11.7. The van der Waals surface area contributed by atoms with Crippen LogP contribution in [0.1, 0.15) is 24.5 Å². The topological polar surface area (TPSA) is 69.6 Å². The van der Waals surface area contributed by atoms with Crippen molar-refractivity contribution in [2.24, 2.45) is 11.8 Å². The lowest BCUT2D eigenvalue weighted by atomic mass is 9.91. The maximum atomic E-state index is 12.9. The van der Waals surface area contributed by atoms with E-state index >= 15 is 0 Å². The van der Waals surface area contributed by atoms with Crippen LogP contribution in [0.15, 0.2) is 24.3 Å². The Bertz CT molecular complexity index is 634. The normalized spacial score (nSPS) is 21.0. The number of rotatable bonds is 4. The highest BCUT2D eigenvalue weighted by atomic mass is 19.4. The molecule has 1 heterocycles. The summed E-state index contributed by atoms with van der Waals surface area (Å²) < 4.78 is 38.8. The second-order valence-electron chi connectivity index (χ2n) is 6.42. The maximum absolute atomic E-state index is 12.9. The van der Waals surface area contributed by atoms with Gasteiger partial charge in [0.1, 0.15) is 0 Å². The number of nitrogens with one attached hydrogen (secondary N) is 1. The summed E-state index contributed by atoms with van der Waals surface area (Å²) in [5.74, 6) is -1.49. The lowest BCUT2D eigenvalue weighted by molar-refractivity contribution is -0.143. The molecule has 0 bridgehead atoms. The van der Waals surface area contributed by atoms with E-state index in [1.807, 2.05) is 6.92 Å². The number of halogens is 3. The second-order valence-corrected chi connectivity index (χ2v) is 6.42. The van der Waals surface area contributed by atoms with Crippen LogP contribution in [0.4, 0.5) is 18.0 Å². The zero-order valence-corrected chi connectivity index (χ0v) is 13.8. The van der Waals surface area contributed by atoms with Crippen LogP contribution in [0.2, 0.25) is 0 Å². The van der Waals surface area contributed by atoms with Crippen LogP contribution >= 0.6 is 0 Å². The Morgan fingerprint density at radius 1 is 1.28 bits per heavy atom. The van der Waals surface area contributed by atoms with Crippen molar-refractivity contribution >= 4 is 12.0 Å². The van der Waals surface area contributed by atoms with Gasteiger partial charge in [-0.25, -0.2) is 4.79 Å². The molecular formula is C17H21F3N2O3. The summed E-state index contributed by atoms with van der Waals surface area (Å²) in [7, 11) is 0. The van der Waals surface area contributed by atoms with E-state index in [0.717, 1.165) is 6.07 Å². The molecule has 2 amide bonds. The molecule has 0 radical (unpaired) electrons. The molecule has 0 saturated carbocycles. The molecule has 1 aromatic rings. The number of hydrogen-bond donors (Lipinski definition) is 2. The summed E-state index contributed by atoms with van der Waals surface area (Å²) >= 11 is 0. The van der Waals surface area contributed by atoms with Gasteiger partial charge in [-0.15, -0.1) is 0 Å². The van der Waals surface area contributed by atoms with Gasteiger partial charge in [-0.3, -0.25) is 4.79 Å². The van der Waals surface area contributed by atoms with Crippen LogP contribution in [0, 0.1) is 11.8 Å². The summed E-state index contributed by atoms with van der Waals surface area (Å²) in [6.45, 7) is 2.48. The van der Waals surface area contributed by atoms with E-state index in [1.165, 1.54) is 23.1 Å². The molecule has 2 atom stereocenters. The molecule has 2 unspecified atom stereocenters. The van der Waals surface area contributed by atoms with E-state index in [4.69, 9.17) is 5.11 Å². The van der Waals surface area contributed by atoms with Crippen LogP contribution in [0.25, 0.3) is 0 Å². The van der Waals surface area contributed by atoms with E-state index in [-0.39, 0.29) is 31.0 Å². The van der Waals surface area contributed by atoms with Gasteiger partial charge in [-0.05, 0) is 30.4 Å². The SMILES string of the molecule is CC1CC(C(=O)O)CN(C(=O)NCCc2ccccc2C(F)(F)F)C1. The number of nitrogens with zero attached hydrogens (tertiary/aromatic N) is 1. The average molecular weight is 358 g/mol. The number of aliphatic carboxylic acids is 1. The fraction of sp³-hybridized carbons (Fsp3) is 0.529. The number of amides is 2. The highest BCUT2D eigenvalue weighted by molar-refractivity contribution is 5.76. The van der Waals surface area contributed by atoms with Gasteiger partial charge in [0.15, 0.2) is 0 Å². The molecule has 138 valence electrons. The molecule has 2 rings (SSSR count).